The van der Waals surface area contributed by atoms with Crippen LogP contribution in [0, 0.1) is 5.41 Å². The van der Waals surface area contributed by atoms with Gasteiger partial charge in [0.05, 0.1) is 18.1 Å². The minimum absolute atomic E-state index is 0.0649. The van der Waals surface area contributed by atoms with Crippen LogP contribution >= 0.6 is 11.3 Å². The molecule has 1 aromatic heterocycles. The molecule has 2 heterocycles. The summed E-state index contributed by atoms with van der Waals surface area (Å²) in [6, 6.07) is 3.95. The van der Waals surface area contributed by atoms with Crippen molar-refractivity contribution in [2.24, 2.45) is 5.41 Å². The normalized spacial score (nSPS) is 23.0. The Balaban J connectivity index is 2.14. The lowest BCUT2D eigenvalue weighted by atomic mass is 9.70. The Kier molecular flexibility index (Phi) is 4.38. The number of carbonyl (C=O) groups is 2. The number of nitrogens with one attached hydrogen (secondary N) is 1. The molecule has 5 heteroatoms. The first-order valence-electron chi connectivity index (χ1n) is 8.28. The van der Waals surface area contributed by atoms with Gasteiger partial charge in [0.1, 0.15) is 0 Å². The molecular weight excluding hydrogens is 322 g/mol. The highest BCUT2D eigenvalue weighted by Crippen LogP contribution is 2.47. The average molecular weight is 345 g/mol. The molecule has 0 bridgehead atoms. The molecule has 4 nitrogen and oxygen atoms in total. The van der Waals surface area contributed by atoms with Crippen molar-refractivity contribution < 1.29 is 14.3 Å². The quantitative estimate of drug-likeness (QED) is 0.844. The van der Waals surface area contributed by atoms with Gasteiger partial charge in [0.15, 0.2) is 5.78 Å². The van der Waals surface area contributed by atoms with E-state index in [1.807, 2.05) is 24.4 Å². The maximum atomic E-state index is 12.9. The van der Waals surface area contributed by atoms with E-state index in [1.165, 1.54) is 0 Å². The Hall–Kier alpha value is -1.88. The molecule has 1 atom stereocenters. The second-order valence-electron chi connectivity index (χ2n) is 7.17. The zero-order chi connectivity index (χ0) is 17.5. The molecule has 3 rings (SSSR count). The standard InChI is InChI=1S/C19H23NO3S/c1-5-23-18(22)15-11(2)20-12-9-19(3,4)10-13(21)16(12)17(15)14-7-6-8-24-14/h6-8,17,20H,5,9-10H2,1-4H3. The summed E-state index contributed by atoms with van der Waals surface area (Å²) in [6.45, 7) is 8.22. The topological polar surface area (TPSA) is 55.4 Å². The van der Waals surface area contributed by atoms with Gasteiger partial charge >= 0.3 is 5.97 Å². The lowest BCUT2D eigenvalue weighted by molar-refractivity contribution is -0.138. The van der Waals surface area contributed by atoms with E-state index >= 15 is 0 Å². The Morgan fingerprint density at radius 1 is 1.42 bits per heavy atom. The van der Waals surface area contributed by atoms with Crippen molar-refractivity contribution in [3.63, 3.8) is 0 Å². The van der Waals surface area contributed by atoms with Gasteiger partial charge in [0.25, 0.3) is 0 Å². The zero-order valence-corrected chi connectivity index (χ0v) is 15.4. The van der Waals surface area contributed by atoms with Gasteiger partial charge in [-0.25, -0.2) is 4.79 Å². The molecule has 0 spiro atoms. The minimum Gasteiger partial charge on any atom is -0.463 e. The van der Waals surface area contributed by atoms with Crippen LogP contribution in [0.3, 0.4) is 0 Å². The molecule has 1 N–H and O–H groups in total. The van der Waals surface area contributed by atoms with Crippen molar-refractivity contribution in [1.29, 1.82) is 0 Å². The Morgan fingerprint density at radius 2 is 2.17 bits per heavy atom. The Morgan fingerprint density at radius 3 is 2.79 bits per heavy atom. The molecule has 1 aliphatic carbocycles. The summed E-state index contributed by atoms with van der Waals surface area (Å²) in [5, 5.41) is 5.31. The molecule has 128 valence electrons. The van der Waals surface area contributed by atoms with Crippen LogP contribution in [0.5, 0.6) is 0 Å². The summed E-state index contributed by atoms with van der Waals surface area (Å²) < 4.78 is 5.27. The molecule has 1 aromatic rings. The van der Waals surface area contributed by atoms with Crippen molar-refractivity contribution in [1.82, 2.24) is 5.32 Å². The number of dihydropyridines is 1. The number of esters is 1. The van der Waals surface area contributed by atoms with Crippen molar-refractivity contribution in [2.75, 3.05) is 6.61 Å². The van der Waals surface area contributed by atoms with Crippen LogP contribution in [-0.2, 0) is 14.3 Å². The summed E-state index contributed by atoms with van der Waals surface area (Å²) in [5.41, 5.74) is 2.98. The lowest BCUT2D eigenvalue weighted by Gasteiger charge is -2.39. The molecule has 1 unspecified atom stereocenters. The number of carbonyl (C=O) groups excluding carboxylic acids is 2. The lowest BCUT2D eigenvalue weighted by Crippen LogP contribution is -2.38. The van der Waals surface area contributed by atoms with Crippen molar-refractivity contribution in [2.45, 2.75) is 46.5 Å². The first-order valence-corrected chi connectivity index (χ1v) is 9.16. The number of ether oxygens (including phenoxy) is 1. The van der Waals surface area contributed by atoms with Crippen molar-refractivity contribution in [3.8, 4) is 0 Å². The highest BCUT2D eigenvalue weighted by Gasteiger charge is 2.43. The zero-order valence-electron chi connectivity index (χ0n) is 14.6. The number of hydrogen-bond acceptors (Lipinski definition) is 5. The van der Waals surface area contributed by atoms with Crippen LogP contribution in [0.2, 0.25) is 0 Å². The van der Waals surface area contributed by atoms with Gasteiger partial charge in [-0.05, 0) is 37.1 Å². The number of allylic oxidation sites excluding steroid dienone is 3. The largest absolute Gasteiger partial charge is 0.463 e. The van der Waals surface area contributed by atoms with Gasteiger partial charge in [-0.3, -0.25) is 4.79 Å². The Labute approximate surface area is 146 Å². The summed E-state index contributed by atoms with van der Waals surface area (Å²) in [7, 11) is 0. The molecule has 0 radical (unpaired) electrons. The fourth-order valence-corrected chi connectivity index (χ4v) is 4.50. The van der Waals surface area contributed by atoms with Crippen molar-refractivity contribution >= 4 is 23.1 Å². The number of ketones is 1. The van der Waals surface area contributed by atoms with Crippen LogP contribution in [0.1, 0.15) is 51.3 Å². The predicted octanol–water partition coefficient (Wildman–Crippen LogP) is 3.92. The molecular formula is C19H23NO3S. The van der Waals surface area contributed by atoms with E-state index in [0.717, 1.165) is 28.3 Å². The SMILES string of the molecule is CCOC(=O)C1=C(C)NC2=C(C(=O)CC(C)(C)C2)C1c1cccs1. The van der Waals surface area contributed by atoms with Gasteiger partial charge in [-0.15, -0.1) is 11.3 Å². The molecule has 0 saturated carbocycles. The molecule has 0 fully saturated rings. The van der Waals surface area contributed by atoms with Gasteiger partial charge in [0, 0.05) is 28.3 Å². The molecule has 2 aliphatic rings. The van der Waals surface area contributed by atoms with E-state index in [9.17, 15) is 9.59 Å². The highest BCUT2D eigenvalue weighted by molar-refractivity contribution is 7.10. The molecule has 0 amide bonds. The van der Waals surface area contributed by atoms with Gasteiger partial charge < -0.3 is 10.1 Å². The Bertz CT molecular complexity index is 741. The average Bonchev–Trinajstić information content (AvgIpc) is 2.98. The van der Waals surface area contributed by atoms with Crippen LogP contribution in [-0.4, -0.2) is 18.4 Å². The van der Waals surface area contributed by atoms with Crippen LogP contribution in [0.15, 0.2) is 40.1 Å². The first kappa shape index (κ1) is 17.0. The second kappa shape index (κ2) is 6.20. The van der Waals surface area contributed by atoms with Crippen LogP contribution < -0.4 is 5.32 Å². The molecule has 24 heavy (non-hydrogen) atoms. The molecule has 0 aromatic carbocycles. The van der Waals surface area contributed by atoms with Gasteiger partial charge in [-0.2, -0.15) is 0 Å². The summed E-state index contributed by atoms with van der Waals surface area (Å²) in [6.07, 6.45) is 1.31. The first-order chi connectivity index (χ1) is 11.3. The number of rotatable bonds is 3. The summed E-state index contributed by atoms with van der Waals surface area (Å²) in [4.78, 5) is 26.5. The monoisotopic (exact) mass is 345 g/mol. The number of thiophene rings is 1. The van der Waals surface area contributed by atoms with E-state index in [1.54, 1.807) is 18.3 Å². The summed E-state index contributed by atoms with van der Waals surface area (Å²) >= 11 is 1.57. The maximum absolute atomic E-state index is 12.9. The maximum Gasteiger partial charge on any atom is 0.336 e. The fraction of sp³-hybridized carbons (Fsp3) is 0.474. The highest BCUT2D eigenvalue weighted by atomic mass is 32.1. The van der Waals surface area contributed by atoms with E-state index in [-0.39, 0.29) is 23.1 Å². The van der Waals surface area contributed by atoms with E-state index < -0.39 is 0 Å². The third kappa shape index (κ3) is 2.93. The van der Waals surface area contributed by atoms with E-state index in [0.29, 0.717) is 18.6 Å². The molecule has 1 aliphatic heterocycles. The predicted molar refractivity (Wildman–Crippen MR) is 94.6 cm³/mol. The third-order valence-corrected chi connectivity index (χ3v) is 5.50. The fourth-order valence-electron chi connectivity index (χ4n) is 3.66. The number of hydrogen-bond donors (Lipinski definition) is 1. The van der Waals surface area contributed by atoms with Crippen molar-refractivity contribution in [3.05, 3.63) is 44.9 Å². The molecule has 0 saturated heterocycles. The van der Waals surface area contributed by atoms with E-state index in [2.05, 4.69) is 19.2 Å². The van der Waals surface area contributed by atoms with Gasteiger partial charge in [-0.1, -0.05) is 19.9 Å². The smallest absolute Gasteiger partial charge is 0.336 e. The number of Topliss-reactive ketones (excluding diaryl/α,β-unsaturated/α-hetero) is 1. The summed E-state index contributed by atoms with van der Waals surface area (Å²) in [5.74, 6) is -0.532. The van der Waals surface area contributed by atoms with E-state index in [4.69, 9.17) is 4.74 Å². The third-order valence-electron chi connectivity index (χ3n) is 4.56. The second-order valence-corrected chi connectivity index (χ2v) is 8.15. The van der Waals surface area contributed by atoms with Gasteiger partial charge in [0.2, 0.25) is 0 Å². The minimum atomic E-state index is -0.343. The van der Waals surface area contributed by atoms with Crippen LogP contribution in [0.25, 0.3) is 0 Å². The van der Waals surface area contributed by atoms with Crippen LogP contribution in [0.4, 0.5) is 0 Å².